The molecule has 2 saturated heterocycles. The minimum Gasteiger partial charge on any atom is -0.343 e. The van der Waals surface area contributed by atoms with Crippen LogP contribution in [-0.2, 0) is 15.0 Å². The molecule has 0 bridgehead atoms. The number of nitrogens with one attached hydrogen (secondary N) is 1. The third kappa shape index (κ3) is 6.04. The highest BCUT2D eigenvalue weighted by Gasteiger charge is 2.55. The molecule has 0 unspecified atom stereocenters. The fourth-order valence-corrected chi connectivity index (χ4v) is 8.78. The summed E-state index contributed by atoms with van der Waals surface area (Å²) in [6.45, 7) is 10.5. The van der Waals surface area contributed by atoms with Crippen LogP contribution in [0.25, 0.3) is 22.3 Å². The second-order valence-corrected chi connectivity index (χ2v) is 15.2. The average Bonchev–Trinajstić information content (AvgIpc) is 3.66. The van der Waals surface area contributed by atoms with Crippen molar-refractivity contribution in [3.8, 4) is 11.3 Å². The minimum atomic E-state index is -0.733. The summed E-state index contributed by atoms with van der Waals surface area (Å²) in [5, 5.41) is 3.21. The first-order valence-electron chi connectivity index (χ1n) is 18.7. The molecule has 10 nitrogen and oxygen atoms in total. The lowest BCUT2D eigenvalue weighted by Crippen LogP contribution is -2.58. The number of carbonyl (C=O) groups is 2. The average molecular weight is 709 g/mol. The predicted octanol–water partition coefficient (Wildman–Crippen LogP) is 7.44. The zero-order chi connectivity index (χ0) is 36.1. The van der Waals surface area contributed by atoms with E-state index in [1.54, 1.807) is 17.3 Å². The molecule has 4 aromatic rings. The lowest BCUT2D eigenvalue weighted by molar-refractivity contribution is -0.135. The quantitative estimate of drug-likeness (QED) is 0.193. The van der Waals surface area contributed by atoms with Crippen molar-refractivity contribution >= 4 is 40.0 Å². The van der Waals surface area contributed by atoms with Gasteiger partial charge in [-0.1, -0.05) is 25.1 Å². The van der Waals surface area contributed by atoms with E-state index in [-0.39, 0.29) is 42.4 Å². The fourth-order valence-electron chi connectivity index (χ4n) is 8.78. The zero-order valence-corrected chi connectivity index (χ0v) is 30.0. The van der Waals surface area contributed by atoms with Gasteiger partial charge in [-0.25, -0.2) is 18.7 Å². The number of allylic oxidation sites excluding steroid dienone is 1. The maximum Gasteiger partial charge on any atom is 0.238 e. The normalized spacial score (nSPS) is 21.5. The Bertz CT molecular complexity index is 2020. The van der Waals surface area contributed by atoms with E-state index >= 15 is 0 Å². The lowest BCUT2D eigenvalue weighted by atomic mass is 9.73. The fraction of sp³-hybridized carbons (Fsp3) is 0.475. The number of hydrogen-bond donors (Lipinski definition) is 1. The Morgan fingerprint density at radius 3 is 2.52 bits per heavy atom. The highest BCUT2D eigenvalue weighted by molar-refractivity contribution is 6.09. The second kappa shape index (κ2) is 13.7. The van der Waals surface area contributed by atoms with Crippen LogP contribution in [0.4, 0.5) is 26.0 Å². The van der Waals surface area contributed by atoms with Gasteiger partial charge in [-0.2, -0.15) is 0 Å². The summed E-state index contributed by atoms with van der Waals surface area (Å²) >= 11 is 0. The molecule has 0 atom stereocenters. The third-order valence-corrected chi connectivity index (χ3v) is 11.8. The van der Waals surface area contributed by atoms with Gasteiger partial charge in [0.25, 0.3) is 0 Å². The number of hydrogen-bond acceptors (Lipinski definition) is 7. The molecule has 52 heavy (non-hydrogen) atoms. The van der Waals surface area contributed by atoms with Crippen molar-refractivity contribution in [2.45, 2.75) is 95.2 Å². The molecule has 3 aromatic heterocycles. The van der Waals surface area contributed by atoms with Crippen LogP contribution in [0.1, 0.15) is 83.2 Å². The number of halogens is 2. The van der Waals surface area contributed by atoms with Crippen molar-refractivity contribution in [2.24, 2.45) is 0 Å². The number of carbonyl (C=O) groups excluding carboxylic acids is 2. The van der Waals surface area contributed by atoms with E-state index in [1.807, 2.05) is 16.7 Å². The highest BCUT2D eigenvalue weighted by Crippen LogP contribution is 2.52. The molecule has 2 amide bonds. The summed E-state index contributed by atoms with van der Waals surface area (Å²) in [6, 6.07) is 10.4. The summed E-state index contributed by atoms with van der Waals surface area (Å²) in [5.74, 6) is -0.497. The molecule has 1 saturated carbocycles. The SMILES string of the molecule is C=C(F)CCC(=O)N1CCC2(CC1)C(=O)N([C@H]1C[C@@H](N3CCCCC3)C1)c1cc(-c3cc4ncn(C(C)C)c4c(Nc4ccncc4F)n3)ccc12. The standard InChI is InChI=1S/C40H46F2N8O2/c1-25(2)49-24-44-34-22-33(46-38(37(34)49)45-32-11-14-43-23-31(32)42)27-8-9-30-35(19-27)50(29-20-28(21-29)47-15-5-4-6-16-47)39(52)40(30)12-17-48(18-13-40)36(51)10-7-26(3)41/h8-9,11,14,19,22-25,28-29H,3-7,10,12-13,15-18,20-21H2,1-2H3,(H,43,45,46)/t28-,29+. The minimum absolute atomic E-state index is 0.0188. The van der Waals surface area contributed by atoms with E-state index in [1.165, 1.54) is 31.7 Å². The van der Waals surface area contributed by atoms with Gasteiger partial charge in [0.15, 0.2) is 11.6 Å². The van der Waals surface area contributed by atoms with E-state index in [0.29, 0.717) is 43.5 Å². The first-order chi connectivity index (χ1) is 25.1. The number of nitrogens with zero attached hydrogens (tertiary/aromatic N) is 7. The van der Waals surface area contributed by atoms with E-state index in [0.717, 1.165) is 53.8 Å². The highest BCUT2D eigenvalue weighted by atomic mass is 19.1. The maximum atomic E-state index is 14.8. The molecule has 6 heterocycles. The van der Waals surface area contributed by atoms with Crippen molar-refractivity contribution in [3.63, 3.8) is 0 Å². The first-order valence-corrected chi connectivity index (χ1v) is 18.7. The molecule has 12 heteroatoms. The molecule has 1 N–H and O–H groups in total. The summed E-state index contributed by atoms with van der Waals surface area (Å²) in [7, 11) is 0. The van der Waals surface area contributed by atoms with Crippen LogP contribution in [0.2, 0.25) is 0 Å². The molecule has 1 aromatic carbocycles. The first kappa shape index (κ1) is 34.4. The van der Waals surface area contributed by atoms with E-state index in [2.05, 4.69) is 52.7 Å². The van der Waals surface area contributed by atoms with Crippen LogP contribution in [0.5, 0.6) is 0 Å². The van der Waals surface area contributed by atoms with Crippen LogP contribution in [-0.4, -0.2) is 79.4 Å². The van der Waals surface area contributed by atoms with Gasteiger partial charge in [0.1, 0.15) is 5.52 Å². The van der Waals surface area contributed by atoms with Gasteiger partial charge in [-0.15, -0.1) is 0 Å². The van der Waals surface area contributed by atoms with Crippen molar-refractivity contribution < 1.29 is 18.4 Å². The molecule has 3 fully saturated rings. The molecular formula is C40H46F2N8O2. The maximum absolute atomic E-state index is 14.8. The Labute approximate surface area is 302 Å². The van der Waals surface area contributed by atoms with Crippen molar-refractivity contribution in [1.29, 1.82) is 0 Å². The van der Waals surface area contributed by atoms with Crippen LogP contribution in [0.3, 0.4) is 0 Å². The Balaban J connectivity index is 1.16. The van der Waals surface area contributed by atoms with E-state index < -0.39 is 17.1 Å². The van der Waals surface area contributed by atoms with Crippen LogP contribution in [0, 0.1) is 5.82 Å². The van der Waals surface area contributed by atoms with Gasteiger partial charge in [0.2, 0.25) is 11.8 Å². The molecule has 0 radical (unpaired) electrons. The van der Waals surface area contributed by atoms with Crippen LogP contribution >= 0.6 is 0 Å². The smallest absolute Gasteiger partial charge is 0.238 e. The number of anilines is 3. The largest absolute Gasteiger partial charge is 0.343 e. The predicted molar refractivity (Wildman–Crippen MR) is 198 cm³/mol. The van der Waals surface area contributed by atoms with Crippen molar-refractivity contribution in [1.82, 2.24) is 29.3 Å². The van der Waals surface area contributed by atoms with Crippen molar-refractivity contribution in [3.05, 3.63) is 72.8 Å². The number of amides is 2. The molecule has 1 aliphatic carbocycles. The number of fused-ring (bicyclic) bond motifs is 3. The topological polar surface area (TPSA) is 99.5 Å². The second-order valence-electron chi connectivity index (χ2n) is 15.2. The number of rotatable bonds is 9. The van der Waals surface area contributed by atoms with Crippen LogP contribution in [0.15, 0.2) is 61.5 Å². The van der Waals surface area contributed by atoms with Gasteiger partial charge in [-0.05, 0) is 89.2 Å². The molecular weight excluding hydrogens is 662 g/mol. The number of aromatic nitrogens is 4. The Kier molecular flexibility index (Phi) is 9.05. The zero-order valence-electron chi connectivity index (χ0n) is 30.0. The Morgan fingerprint density at radius 2 is 1.81 bits per heavy atom. The summed E-state index contributed by atoms with van der Waals surface area (Å²) < 4.78 is 30.2. The molecule has 8 rings (SSSR count). The third-order valence-electron chi connectivity index (χ3n) is 11.8. The van der Waals surface area contributed by atoms with Crippen molar-refractivity contribution in [2.75, 3.05) is 36.4 Å². The number of imidazole rings is 1. The number of benzene rings is 1. The van der Waals surface area contributed by atoms with E-state index in [9.17, 15) is 18.4 Å². The van der Waals surface area contributed by atoms with Gasteiger partial charge in [0.05, 0.1) is 40.7 Å². The summed E-state index contributed by atoms with van der Waals surface area (Å²) in [6.07, 6.45) is 11.2. The van der Waals surface area contributed by atoms with Gasteiger partial charge >= 0.3 is 0 Å². The van der Waals surface area contributed by atoms with Gasteiger partial charge in [0, 0.05) is 61.5 Å². The van der Waals surface area contributed by atoms with Gasteiger partial charge in [-0.3, -0.25) is 14.6 Å². The molecule has 3 aliphatic heterocycles. The number of piperidine rings is 2. The Morgan fingerprint density at radius 1 is 1.04 bits per heavy atom. The van der Waals surface area contributed by atoms with Crippen LogP contribution < -0.4 is 10.2 Å². The summed E-state index contributed by atoms with van der Waals surface area (Å²) in [4.78, 5) is 47.8. The van der Waals surface area contributed by atoms with Gasteiger partial charge < -0.3 is 24.6 Å². The number of pyridine rings is 2. The molecule has 1 spiro atoms. The lowest BCUT2D eigenvalue weighted by Gasteiger charge is -2.48. The monoisotopic (exact) mass is 708 g/mol. The molecule has 4 aliphatic rings. The number of likely N-dealkylation sites (tertiary alicyclic amines) is 2. The van der Waals surface area contributed by atoms with E-state index in [4.69, 9.17) is 9.97 Å². The summed E-state index contributed by atoms with van der Waals surface area (Å²) in [5.41, 5.74) is 4.40. The Hall–Kier alpha value is -4.71. The molecule has 272 valence electrons.